The molecule has 2 heterocycles. The number of anilines is 1. The van der Waals surface area contributed by atoms with Gasteiger partial charge in [-0.15, -0.1) is 0 Å². The van der Waals surface area contributed by atoms with Crippen LogP contribution in [0.4, 0.5) is 18.9 Å². The molecule has 1 saturated heterocycles. The van der Waals surface area contributed by atoms with Gasteiger partial charge in [-0.25, -0.2) is 4.39 Å². The summed E-state index contributed by atoms with van der Waals surface area (Å²) >= 11 is 12.6. The number of ketones is 1. The first-order valence-corrected chi connectivity index (χ1v) is 16.8. The number of rotatable bonds is 10. The molecule has 254 valence electrons. The number of fused-ring (bicyclic) bond motifs is 3. The van der Waals surface area contributed by atoms with Gasteiger partial charge >= 0.3 is 0 Å². The Hall–Kier alpha value is -2.66. The lowest BCUT2D eigenvalue weighted by Crippen LogP contribution is -2.61. The number of hydrogen-bond acceptors (Lipinski definition) is 5. The number of likely N-dealkylation sites (N-methyl/N-ethyl adjacent to an activating group) is 1. The van der Waals surface area contributed by atoms with Gasteiger partial charge in [-0.2, -0.15) is 0 Å². The molecular formula is C35H39Cl2F3N2O5. The van der Waals surface area contributed by atoms with Crippen LogP contribution in [0.3, 0.4) is 0 Å². The first-order valence-electron chi connectivity index (χ1n) is 16.0. The Balaban J connectivity index is 1.36. The number of carbonyl (C=O) groups excluding carboxylic acids is 3. The van der Waals surface area contributed by atoms with Crippen molar-refractivity contribution in [1.29, 1.82) is 0 Å². The van der Waals surface area contributed by atoms with Crippen LogP contribution in [0.5, 0.6) is 0 Å². The Morgan fingerprint density at radius 2 is 1.87 bits per heavy atom. The number of methoxy groups -OCH3 is 1. The normalized spacial score (nSPS) is 28.6. The molecule has 2 aromatic carbocycles. The van der Waals surface area contributed by atoms with E-state index in [0.717, 1.165) is 0 Å². The second-order valence-corrected chi connectivity index (χ2v) is 14.8. The summed E-state index contributed by atoms with van der Waals surface area (Å²) in [5, 5.41) is 3.15. The van der Waals surface area contributed by atoms with Crippen LogP contribution < -0.4 is 5.32 Å². The standard InChI is InChI=1S/C35H39Cl2F3N2O5/c1-42(10-11-46-2)31(44)28-9-6-20(15-47-28)12-27(43)23-14-34(16-33(17-34,18-38)19-39)35(29(23)22-4-3-5-25(37)30(22)40)24-8-7-21(36)13-26(24)41-32(35)45/h3-5,7-8,13,20,23,28-29H,6,9-12,14-19H2,1-2H3,(H,41,45)/t20-,23-,28-,29-,35+/m0/s1. The summed E-state index contributed by atoms with van der Waals surface area (Å²) in [6.07, 6.45) is 0.667. The average molecular weight is 696 g/mol. The second-order valence-electron chi connectivity index (χ2n) is 14.0. The predicted molar refractivity (Wildman–Crippen MR) is 172 cm³/mol. The maximum absolute atomic E-state index is 16.1. The van der Waals surface area contributed by atoms with Crippen molar-refractivity contribution >= 4 is 46.5 Å². The maximum Gasteiger partial charge on any atom is 0.251 e. The molecule has 0 radical (unpaired) electrons. The molecule has 7 nitrogen and oxygen atoms in total. The van der Waals surface area contributed by atoms with E-state index in [1.54, 1.807) is 49.4 Å². The molecule has 2 aromatic rings. The number of nitrogens with zero attached hydrogens (tertiary/aromatic N) is 1. The number of ether oxygens (including phenoxy) is 2. The molecule has 12 heteroatoms. The number of benzene rings is 2. The van der Waals surface area contributed by atoms with Crippen LogP contribution in [0.1, 0.15) is 55.6 Å². The van der Waals surface area contributed by atoms with Crippen LogP contribution in [0.15, 0.2) is 36.4 Å². The lowest BCUT2D eigenvalue weighted by atomic mass is 9.43. The monoisotopic (exact) mass is 694 g/mol. The molecule has 2 saturated carbocycles. The van der Waals surface area contributed by atoms with Gasteiger partial charge in [-0.3, -0.25) is 23.2 Å². The van der Waals surface area contributed by atoms with Crippen molar-refractivity contribution in [3.8, 4) is 0 Å². The van der Waals surface area contributed by atoms with Crippen molar-refractivity contribution in [2.75, 3.05) is 52.6 Å². The van der Waals surface area contributed by atoms with Gasteiger partial charge in [0.15, 0.2) is 0 Å². The van der Waals surface area contributed by atoms with E-state index in [2.05, 4.69) is 5.32 Å². The fourth-order valence-corrected chi connectivity index (χ4v) is 9.55. The van der Waals surface area contributed by atoms with E-state index in [9.17, 15) is 23.2 Å². The Kier molecular flexibility index (Phi) is 9.45. The fraction of sp³-hybridized carbons (Fsp3) is 0.571. The summed E-state index contributed by atoms with van der Waals surface area (Å²) in [5.74, 6) is -3.56. The molecule has 4 aliphatic rings. The molecule has 0 aromatic heterocycles. The molecule has 2 aliphatic carbocycles. The zero-order valence-corrected chi connectivity index (χ0v) is 27.9. The molecular weight excluding hydrogens is 656 g/mol. The molecule has 6 rings (SSSR count). The van der Waals surface area contributed by atoms with Gasteiger partial charge in [0, 0.05) is 55.1 Å². The topological polar surface area (TPSA) is 84.9 Å². The van der Waals surface area contributed by atoms with E-state index < -0.39 is 59.3 Å². The minimum Gasteiger partial charge on any atom is -0.383 e. The van der Waals surface area contributed by atoms with E-state index in [1.165, 1.54) is 6.07 Å². The van der Waals surface area contributed by atoms with Gasteiger partial charge in [0.1, 0.15) is 17.7 Å². The highest BCUT2D eigenvalue weighted by atomic mass is 35.5. The molecule has 5 atom stereocenters. The number of halogens is 5. The summed E-state index contributed by atoms with van der Waals surface area (Å²) < 4.78 is 55.9. The van der Waals surface area contributed by atoms with Crippen molar-refractivity contribution in [2.45, 2.75) is 56.0 Å². The van der Waals surface area contributed by atoms with Gasteiger partial charge in [-0.05, 0) is 72.8 Å². The zero-order chi connectivity index (χ0) is 33.7. The highest BCUT2D eigenvalue weighted by molar-refractivity contribution is 6.31. The summed E-state index contributed by atoms with van der Waals surface area (Å²) in [6.45, 7) is -0.804. The van der Waals surface area contributed by atoms with E-state index in [4.69, 9.17) is 32.7 Å². The Morgan fingerprint density at radius 1 is 1.13 bits per heavy atom. The van der Waals surface area contributed by atoms with Gasteiger partial charge in [0.05, 0.1) is 37.0 Å². The third-order valence-electron chi connectivity index (χ3n) is 11.2. The maximum atomic E-state index is 16.1. The minimum atomic E-state index is -1.50. The third-order valence-corrected chi connectivity index (χ3v) is 11.7. The number of Topliss-reactive ketones (excluding diaryl/α,β-unsaturated/α-hetero) is 1. The van der Waals surface area contributed by atoms with Gasteiger partial charge in [0.25, 0.3) is 5.91 Å². The van der Waals surface area contributed by atoms with Gasteiger partial charge < -0.3 is 19.7 Å². The highest BCUT2D eigenvalue weighted by Gasteiger charge is 2.77. The number of nitrogens with one attached hydrogen (secondary N) is 1. The van der Waals surface area contributed by atoms with E-state index in [-0.39, 0.29) is 60.5 Å². The Morgan fingerprint density at radius 3 is 2.53 bits per heavy atom. The number of carbonyl (C=O) groups is 3. The fourth-order valence-electron chi connectivity index (χ4n) is 9.20. The van der Waals surface area contributed by atoms with Crippen LogP contribution in [-0.4, -0.2) is 75.9 Å². The molecule has 0 bridgehead atoms. The van der Waals surface area contributed by atoms with Crippen LogP contribution in [0.25, 0.3) is 0 Å². The SMILES string of the molecule is COCCN(C)C(=O)[C@@H]1CC[C@@H](CC(=O)[C@@H]2CC3(CC(CF)(CF)C3)[C@@]3(C(=O)Nc4cc(Cl)ccc43)[C@H]2c2cccc(Cl)c2F)CO1. The van der Waals surface area contributed by atoms with Crippen LogP contribution in [-0.2, 0) is 29.3 Å². The highest BCUT2D eigenvalue weighted by Crippen LogP contribution is 2.77. The second kappa shape index (κ2) is 13.0. The first-order chi connectivity index (χ1) is 22.5. The zero-order valence-electron chi connectivity index (χ0n) is 26.4. The molecule has 2 amide bonds. The van der Waals surface area contributed by atoms with E-state index in [1.807, 2.05) is 0 Å². The van der Waals surface area contributed by atoms with Crippen LogP contribution in [0.2, 0.25) is 10.0 Å². The molecule has 3 fully saturated rings. The molecule has 1 N–H and O–H groups in total. The van der Waals surface area contributed by atoms with E-state index >= 15 is 4.39 Å². The quantitative estimate of drug-likeness (QED) is 0.300. The summed E-state index contributed by atoms with van der Waals surface area (Å²) in [4.78, 5) is 43.3. The number of hydrogen-bond donors (Lipinski definition) is 1. The Bertz CT molecular complexity index is 1560. The summed E-state index contributed by atoms with van der Waals surface area (Å²) in [6, 6.07) is 9.49. The van der Waals surface area contributed by atoms with Crippen molar-refractivity contribution in [1.82, 2.24) is 4.90 Å². The molecule has 0 unspecified atom stereocenters. The molecule has 2 spiro atoms. The first kappa shape index (κ1) is 34.2. The minimum absolute atomic E-state index is 0.0257. The largest absolute Gasteiger partial charge is 0.383 e. The third kappa shape index (κ3) is 5.47. The van der Waals surface area contributed by atoms with Crippen LogP contribution >= 0.6 is 23.2 Å². The number of alkyl halides is 2. The smallest absolute Gasteiger partial charge is 0.251 e. The van der Waals surface area contributed by atoms with E-state index in [0.29, 0.717) is 42.3 Å². The number of amides is 2. The lowest BCUT2D eigenvalue weighted by molar-refractivity contribution is -0.148. The predicted octanol–water partition coefficient (Wildman–Crippen LogP) is 6.69. The van der Waals surface area contributed by atoms with Crippen molar-refractivity contribution in [3.05, 3.63) is 63.4 Å². The van der Waals surface area contributed by atoms with Crippen LogP contribution in [0, 0.1) is 28.5 Å². The Labute approximate surface area is 282 Å². The van der Waals surface area contributed by atoms with Crippen molar-refractivity contribution in [3.63, 3.8) is 0 Å². The molecule has 47 heavy (non-hydrogen) atoms. The van der Waals surface area contributed by atoms with Gasteiger partial charge in [0.2, 0.25) is 5.91 Å². The van der Waals surface area contributed by atoms with Gasteiger partial charge in [-0.1, -0.05) is 41.4 Å². The van der Waals surface area contributed by atoms with Crippen molar-refractivity contribution < 1.29 is 37.0 Å². The summed E-state index contributed by atoms with van der Waals surface area (Å²) in [7, 11) is 3.25. The average Bonchev–Trinajstić information content (AvgIpc) is 3.51. The lowest BCUT2D eigenvalue weighted by Gasteiger charge is -2.59. The molecule has 2 aliphatic heterocycles. The summed E-state index contributed by atoms with van der Waals surface area (Å²) in [5.41, 5.74) is -2.72. The van der Waals surface area contributed by atoms with Crippen molar-refractivity contribution in [2.24, 2.45) is 22.7 Å².